The van der Waals surface area contributed by atoms with Crippen LogP contribution in [0.4, 0.5) is 4.39 Å². The molecule has 0 bridgehead atoms. The molecule has 0 fully saturated rings. The molecule has 4 heteroatoms. The van der Waals surface area contributed by atoms with Crippen LogP contribution in [0, 0.1) is 12.7 Å². The maximum Gasteiger partial charge on any atom is 0.173 e. The molecule has 0 aliphatic heterocycles. The first kappa shape index (κ1) is 10.1. The van der Waals surface area contributed by atoms with Crippen LogP contribution in [-0.4, -0.2) is 15.4 Å². The van der Waals surface area contributed by atoms with E-state index < -0.39 is 0 Å². The molecule has 0 saturated carbocycles. The van der Waals surface area contributed by atoms with Gasteiger partial charge in [0.05, 0.1) is 5.69 Å². The van der Waals surface area contributed by atoms with Crippen molar-refractivity contribution in [3.8, 4) is 0 Å². The lowest BCUT2D eigenvalue weighted by molar-refractivity contribution is 0.628. The summed E-state index contributed by atoms with van der Waals surface area (Å²) in [6.07, 6.45) is 2.52. The van der Waals surface area contributed by atoms with Crippen LogP contribution in [0.15, 0.2) is 18.3 Å². The molecule has 0 amide bonds. The lowest BCUT2D eigenvalue weighted by atomic mass is 10.1. The number of hydrogen-bond donors (Lipinski definition) is 1. The minimum atomic E-state index is -0.295. The molecule has 2 aromatic heterocycles. The van der Waals surface area contributed by atoms with Crippen molar-refractivity contribution in [3.63, 3.8) is 0 Å². The molecule has 1 atom stereocenters. The highest BCUT2D eigenvalue weighted by Gasteiger charge is 2.12. The molecule has 0 spiro atoms. The summed E-state index contributed by atoms with van der Waals surface area (Å²) >= 11 is 0. The Balaban J connectivity index is 2.63. The number of imidazole rings is 1. The summed E-state index contributed by atoms with van der Waals surface area (Å²) in [6, 6.07) is 3.14. The summed E-state index contributed by atoms with van der Waals surface area (Å²) in [7, 11) is 0. The van der Waals surface area contributed by atoms with Crippen molar-refractivity contribution >= 4 is 5.65 Å². The average Bonchev–Trinajstić information content (AvgIpc) is 2.45. The van der Waals surface area contributed by atoms with Crippen LogP contribution in [0.5, 0.6) is 0 Å². The van der Waals surface area contributed by atoms with Crippen LogP contribution in [0.1, 0.15) is 18.3 Å². The molecule has 2 N–H and O–H groups in total. The minimum Gasteiger partial charge on any atom is -0.328 e. The van der Waals surface area contributed by atoms with Gasteiger partial charge in [-0.15, -0.1) is 0 Å². The molecule has 0 aromatic carbocycles. The molecule has 2 aromatic rings. The smallest absolute Gasteiger partial charge is 0.173 e. The summed E-state index contributed by atoms with van der Waals surface area (Å²) in [5.74, 6) is -0.295. The van der Waals surface area contributed by atoms with E-state index in [0.717, 1.165) is 11.4 Å². The van der Waals surface area contributed by atoms with E-state index in [0.29, 0.717) is 12.1 Å². The highest BCUT2D eigenvalue weighted by Crippen LogP contribution is 2.15. The van der Waals surface area contributed by atoms with Gasteiger partial charge in [-0.05, 0) is 26.0 Å². The molecule has 0 saturated heterocycles. The Morgan fingerprint density at radius 1 is 1.60 bits per heavy atom. The van der Waals surface area contributed by atoms with E-state index in [9.17, 15) is 4.39 Å². The van der Waals surface area contributed by atoms with Crippen LogP contribution in [-0.2, 0) is 6.42 Å². The van der Waals surface area contributed by atoms with Gasteiger partial charge in [0.2, 0.25) is 0 Å². The highest BCUT2D eigenvalue weighted by molar-refractivity contribution is 5.44. The molecular weight excluding hydrogens is 193 g/mol. The number of nitrogens with two attached hydrogens (primary N) is 1. The predicted molar refractivity (Wildman–Crippen MR) is 57.2 cm³/mol. The van der Waals surface area contributed by atoms with Gasteiger partial charge in [-0.1, -0.05) is 0 Å². The molecule has 1 unspecified atom stereocenters. The number of rotatable bonds is 2. The molecule has 15 heavy (non-hydrogen) atoms. The van der Waals surface area contributed by atoms with Gasteiger partial charge < -0.3 is 10.1 Å². The van der Waals surface area contributed by atoms with Crippen LogP contribution in [0.3, 0.4) is 0 Å². The zero-order chi connectivity index (χ0) is 11.0. The number of fused-ring (bicyclic) bond motifs is 1. The number of nitrogens with zero attached hydrogens (tertiary/aromatic N) is 2. The highest BCUT2D eigenvalue weighted by atomic mass is 19.1. The van der Waals surface area contributed by atoms with Gasteiger partial charge in [0, 0.05) is 24.4 Å². The third kappa shape index (κ3) is 1.72. The summed E-state index contributed by atoms with van der Waals surface area (Å²) in [6.45, 7) is 3.81. The Kier molecular flexibility index (Phi) is 2.44. The fraction of sp³-hybridized carbons (Fsp3) is 0.364. The van der Waals surface area contributed by atoms with E-state index in [1.807, 2.05) is 20.0 Å². The zero-order valence-corrected chi connectivity index (χ0v) is 8.87. The average molecular weight is 207 g/mol. The van der Waals surface area contributed by atoms with Crippen molar-refractivity contribution in [3.05, 3.63) is 35.5 Å². The normalized spacial score (nSPS) is 13.3. The monoisotopic (exact) mass is 207 g/mol. The van der Waals surface area contributed by atoms with Gasteiger partial charge in [0.15, 0.2) is 11.5 Å². The van der Waals surface area contributed by atoms with Crippen molar-refractivity contribution in [1.82, 2.24) is 9.38 Å². The quantitative estimate of drug-likeness (QED) is 0.814. The van der Waals surface area contributed by atoms with Gasteiger partial charge in [-0.25, -0.2) is 9.37 Å². The Bertz CT molecular complexity index is 488. The van der Waals surface area contributed by atoms with Crippen LogP contribution < -0.4 is 5.73 Å². The fourth-order valence-corrected chi connectivity index (χ4v) is 1.75. The van der Waals surface area contributed by atoms with Crippen LogP contribution in [0.2, 0.25) is 0 Å². The van der Waals surface area contributed by atoms with Crippen molar-refractivity contribution in [1.29, 1.82) is 0 Å². The molecule has 0 aliphatic carbocycles. The third-order valence-electron chi connectivity index (χ3n) is 2.42. The van der Waals surface area contributed by atoms with E-state index in [4.69, 9.17) is 5.73 Å². The molecular formula is C11H14FN3. The van der Waals surface area contributed by atoms with Crippen LogP contribution in [0.25, 0.3) is 5.65 Å². The largest absolute Gasteiger partial charge is 0.328 e. The standard InChI is InChI=1S/C11H14FN3/c1-7(13)6-10-8(2)14-11-9(12)4-3-5-15(10)11/h3-5,7H,6,13H2,1-2H3. The molecule has 0 aliphatic rings. The molecule has 0 radical (unpaired) electrons. The maximum atomic E-state index is 13.4. The maximum absolute atomic E-state index is 13.4. The van der Waals surface area contributed by atoms with E-state index in [1.54, 1.807) is 10.5 Å². The first-order chi connectivity index (χ1) is 7.09. The molecule has 80 valence electrons. The first-order valence-corrected chi connectivity index (χ1v) is 4.97. The topological polar surface area (TPSA) is 43.3 Å². The number of halogens is 1. The van der Waals surface area contributed by atoms with Gasteiger partial charge in [0.1, 0.15) is 0 Å². The number of aromatic nitrogens is 2. The van der Waals surface area contributed by atoms with Crippen molar-refractivity contribution in [2.75, 3.05) is 0 Å². The fourth-order valence-electron chi connectivity index (χ4n) is 1.75. The van der Waals surface area contributed by atoms with Crippen molar-refractivity contribution in [2.24, 2.45) is 5.73 Å². The second kappa shape index (κ2) is 3.62. The van der Waals surface area contributed by atoms with E-state index >= 15 is 0 Å². The van der Waals surface area contributed by atoms with Crippen LogP contribution >= 0.6 is 0 Å². The Morgan fingerprint density at radius 3 is 3.00 bits per heavy atom. The van der Waals surface area contributed by atoms with Gasteiger partial charge in [-0.3, -0.25) is 0 Å². The van der Waals surface area contributed by atoms with Crippen molar-refractivity contribution in [2.45, 2.75) is 26.3 Å². The zero-order valence-electron chi connectivity index (χ0n) is 8.87. The summed E-state index contributed by atoms with van der Waals surface area (Å²) in [5, 5.41) is 0. The summed E-state index contributed by atoms with van der Waals surface area (Å²) < 4.78 is 15.2. The van der Waals surface area contributed by atoms with Gasteiger partial charge in [0.25, 0.3) is 0 Å². The third-order valence-corrected chi connectivity index (χ3v) is 2.42. The Labute approximate surface area is 87.7 Å². The Hall–Kier alpha value is -1.42. The van der Waals surface area contributed by atoms with E-state index in [1.165, 1.54) is 6.07 Å². The number of aryl methyl sites for hydroxylation is 1. The minimum absolute atomic E-state index is 0.0480. The SMILES string of the molecule is Cc1nc2c(F)cccn2c1CC(C)N. The van der Waals surface area contributed by atoms with Gasteiger partial charge >= 0.3 is 0 Å². The number of pyridine rings is 1. The first-order valence-electron chi connectivity index (χ1n) is 4.97. The lowest BCUT2D eigenvalue weighted by Crippen LogP contribution is -2.19. The number of hydrogen-bond acceptors (Lipinski definition) is 2. The van der Waals surface area contributed by atoms with E-state index in [2.05, 4.69) is 4.98 Å². The predicted octanol–water partition coefficient (Wildman–Crippen LogP) is 1.67. The molecule has 3 nitrogen and oxygen atoms in total. The summed E-state index contributed by atoms with van der Waals surface area (Å²) in [4.78, 5) is 4.20. The van der Waals surface area contributed by atoms with Crippen molar-refractivity contribution < 1.29 is 4.39 Å². The molecule has 2 heterocycles. The molecule has 2 rings (SSSR count). The second-order valence-electron chi connectivity index (χ2n) is 3.88. The second-order valence-corrected chi connectivity index (χ2v) is 3.88. The Morgan fingerprint density at radius 2 is 2.33 bits per heavy atom. The van der Waals surface area contributed by atoms with E-state index in [-0.39, 0.29) is 11.9 Å². The van der Waals surface area contributed by atoms with Gasteiger partial charge in [-0.2, -0.15) is 0 Å². The lowest BCUT2D eigenvalue weighted by Gasteiger charge is -2.05. The summed E-state index contributed by atoms with van der Waals surface area (Å²) in [5.41, 5.74) is 7.96.